The fourth-order valence-corrected chi connectivity index (χ4v) is 4.33. The summed E-state index contributed by atoms with van der Waals surface area (Å²) < 4.78 is 5.69. The van der Waals surface area contributed by atoms with Crippen LogP contribution in [0.2, 0.25) is 0 Å². The number of likely N-dealkylation sites (tertiary alicyclic amines) is 1. The monoisotopic (exact) mass is 277 g/mol. The van der Waals surface area contributed by atoms with E-state index in [2.05, 4.69) is 60.3 Å². The maximum atomic E-state index is 5.69. The SMILES string of the molecule is CC(C)=C1C(=C(C)C)N(C(C)C)C2(COC2)C1C(C)C. The van der Waals surface area contributed by atoms with Crippen LogP contribution in [0, 0.1) is 11.8 Å². The molecule has 0 aromatic heterocycles. The lowest BCUT2D eigenvalue weighted by Gasteiger charge is -2.52. The van der Waals surface area contributed by atoms with Crippen LogP contribution in [-0.2, 0) is 4.74 Å². The first kappa shape index (κ1) is 15.6. The van der Waals surface area contributed by atoms with E-state index in [1.807, 2.05) is 0 Å². The standard InChI is InChI=1S/C18H31NO/c1-11(2)15-16(12(3)4)18(9-20-10-18)19(14(7)8)17(15)13(5)6/h12,14,16H,9-10H2,1-8H3. The van der Waals surface area contributed by atoms with Crippen LogP contribution >= 0.6 is 0 Å². The smallest absolute Gasteiger partial charge is 0.0941 e. The van der Waals surface area contributed by atoms with Crippen molar-refractivity contribution in [2.24, 2.45) is 11.8 Å². The van der Waals surface area contributed by atoms with Gasteiger partial charge in [0.05, 0.1) is 18.8 Å². The second kappa shape index (κ2) is 5.22. The molecule has 0 aliphatic carbocycles. The minimum absolute atomic E-state index is 0.196. The number of rotatable bonds is 2. The lowest BCUT2D eigenvalue weighted by atomic mass is 9.73. The van der Waals surface area contributed by atoms with E-state index in [1.165, 1.54) is 16.8 Å². The molecule has 114 valence electrons. The lowest BCUT2D eigenvalue weighted by molar-refractivity contribution is -0.150. The van der Waals surface area contributed by atoms with Gasteiger partial charge in [0.15, 0.2) is 0 Å². The summed E-state index contributed by atoms with van der Waals surface area (Å²) in [6, 6.07) is 0.516. The minimum Gasteiger partial charge on any atom is -0.376 e. The van der Waals surface area contributed by atoms with E-state index in [1.54, 1.807) is 5.57 Å². The van der Waals surface area contributed by atoms with Crippen LogP contribution in [0.1, 0.15) is 55.4 Å². The van der Waals surface area contributed by atoms with Gasteiger partial charge in [-0.1, -0.05) is 25.0 Å². The molecule has 0 aromatic carbocycles. The van der Waals surface area contributed by atoms with Crippen molar-refractivity contribution < 1.29 is 4.74 Å². The molecule has 20 heavy (non-hydrogen) atoms. The van der Waals surface area contributed by atoms with Gasteiger partial charge in [-0.25, -0.2) is 0 Å². The molecule has 2 heteroatoms. The Morgan fingerprint density at radius 3 is 1.85 bits per heavy atom. The van der Waals surface area contributed by atoms with Gasteiger partial charge in [0.1, 0.15) is 0 Å². The average molecular weight is 277 g/mol. The Kier molecular flexibility index (Phi) is 4.07. The maximum Gasteiger partial charge on any atom is 0.0941 e. The number of ether oxygens (including phenoxy) is 1. The summed E-state index contributed by atoms with van der Waals surface area (Å²) in [5, 5.41) is 0. The molecule has 0 amide bonds. The van der Waals surface area contributed by atoms with E-state index in [-0.39, 0.29) is 5.54 Å². The lowest BCUT2D eigenvalue weighted by Crippen LogP contribution is -2.64. The van der Waals surface area contributed by atoms with Crippen molar-refractivity contribution in [3.63, 3.8) is 0 Å². The first-order valence-corrected chi connectivity index (χ1v) is 7.96. The van der Waals surface area contributed by atoms with E-state index >= 15 is 0 Å². The number of hydrogen-bond acceptors (Lipinski definition) is 2. The molecular formula is C18H31NO. The largest absolute Gasteiger partial charge is 0.376 e. The van der Waals surface area contributed by atoms with Crippen LogP contribution in [0.3, 0.4) is 0 Å². The van der Waals surface area contributed by atoms with Crippen molar-refractivity contribution in [1.82, 2.24) is 4.90 Å². The number of hydrogen-bond donors (Lipinski definition) is 0. The molecular weight excluding hydrogens is 246 g/mol. The molecule has 0 N–H and O–H groups in total. The molecule has 2 aliphatic heterocycles. The Labute approximate surface area is 124 Å². The highest BCUT2D eigenvalue weighted by atomic mass is 16.5. The first-order chi connectivity index (χ1) is 9.24. The number of allylic oxidation sites excluding steroid dienone is 3. The molecule has 0 radical (unpaired) electrons. The zero-order valence-electron chi connectivity index (χ0n) is 14.5. The Hall–Kier alpha value is -0.760. The summed E-state index contributed by atoms with van der Waals surface area (Å²) in [6.45, 7) is 20.1. The zero-order valence-corrected chi connectivity index (χ0v) is 14.5. The van der Waals surface area contributed by atoms with Crippen molar-refractivity contribution in [3.8, 4) is 0 Å². The molecule has 0 bridgehead atoms. The highest BCUT2D eigenvalue weighted by Crippen LogP contribution is 2.54. The van der Waals surface area contributed by atoms with Gasteiger partial charge in [0.25, 0.3) is 0 Å². The molecule has 2 nitrogen and oxygen atoms in total. The van der Waals surface area contributed by atoms with Gasteiger partial charge in [-0.05, 0) is 53.0 Å². The predicted molar refractivity (Wildman–Crippen MR) is 85.6 cm³/mol. The van der Waals surface area contributed by atoms with E-state index in [0.29, 0.717) is 17.9 Å². The van der Waals surface area contributed by atoms with Crippen LogP contribution in [0.4, 0.5) is 0 Å². The van der Waals surface area contributed by atoms with Crippen LogP contribution in [-0.4, -0.2) is 29.7 Å². The molecule has 2 fully saturated rings. The fourth-order valence-electron chi connectivity index (χ4n) is 4.33. The second-order valence-electron chi connectivity index (χ2n) is 7.54. The Balaban J connectivity index is 2.69. The molecule has 1 unspecified atom stereocenters. The molecule has 2 aliphatic rings. The third-order valence-corrected chi connectivity index (χ3v) is 4.77. The third kappa shape index (κ3) is 2.04. The van der Waals surface area contributed by atoms with Gasteiger partial charge in [-0.3, -0.25) is 0 Å². The Morgan fingerprint density at radius 1 is 1.05 bits per heavy atom. The Morgan fingerprint density at radius 2 is 1.60 bits per heavy atom. The molecule has 0 saturated carbocycles. The van der Waals surface area contributed by atoms with Crippen molar-refractivity contribution >= 4 is 0 Å². The highest BCUT2D eigenvalue weighted by Gasteiger charge is 2.59. The van der Waals surface area contributed by atoms with E-state index < -0.39 is 0 Å². The second-order valence-corrected chi connectivity index (χ2v) is 7.54. The van der Waals surface area contributed by atoms with Crippen molar-refractivity contribution in [2.45, 2.75) is 67.0 Å². The van der Waals surface area contributed by atoms with Crippen molar-refractivity contribution in [2.75, 3.05) is 13.2 Å². The topological polar surface area (TPSA) is 12.5 Å². The van der Waals surface area contributed by atoms with Crippen LogP contribution < -0.4 is 0 Å². The summed E-state index contributed by atoms with van der Waals surface area (Å²) in [5.41, 5.74) is 6.17. The summed E-state index contributed by atoms with van der Waals surface area (Å²) in [5.74, 6) is 1.23. The average Bonchev–Trinajstić information content (AvgIpc) is 2.59. The molecule has 1 atom stereocenters. The van der Waals surface area contributed by atoms with Crippen LogP contribution in [0.25, 0.3) is 0 Å². The quantitative estimate of drug-likeness (QED) is 0.742. The Bertz CT molecular complexity index is 406. The third-order valence-electron chi connectivity index (χ3n) is 4.77. The maximum absolute atomic E-state index is 5.69. The summed E-state index contributed by atoms with van der Waals surface area (Å²) in [7, 11) is 0. The normalized spacial score (nSPS) is 24.9. The highest BCUT2D eigenvalue weighted by molar-refractivity contribution is 5.48. The van der Waals surface area contributed by atoms with Gasteiger partial charge in [0, 0.05) is 17.7 Å². The number of nitrogens with zero attached hydrogens (tertiary/aromatic N) is 1. The fraction of sp³-hybridized carbons (Fsp3) is 0.778. The van der Waals surface area contributed by atoms with Crippen LogP contribution in [0.5, 0.6) is 0 Å². The minimum atomic E-state index is 0.196. The van der Waals surface area contributed by atoms with Gasteiger partial charge in [0.2, 0.25) is 0 Å². The predicted octanol–water partition coefficient (Wildman–Crippen LogP) is 4.38. The summed E-state index contributed by atoms with van der Waals surface area (Å²) in [6.07, 6.45) is 0. The van der Waals surface area contributed by atoms with Gasteiger partial charge in [-0.2, -0.15) is 0 Å². The van der Waals surface area contributed by atoms with Gasteiger partial charge in [-0.15, -0.1) is 0 Å². The summed E-state index contributed by atoms with van der Waals surface area (Å²) in [4.78, 5) is 2.67. The van der Waals surface area contributed by atoms with E-state index in [0.717, 1.165) is 13.2 Å². The summed E-state index contributed by atoms with van der Waals surface area (Å²) >= 11 is 0. The zero-order chi connectivity index (χ0) is 15.2. The van der Waals surface area contributed by atoms with E-state index in [9.17, 15) is 0 Å². The molecule has 2 rings (SSSR count). The molecule has 2 saturated heterocycles. The van der Waals surface area contributed by atoms with Crippen molar-refractivity contribution in [3.05, 3.63) is 22.4 Å². The van der Waals surface area contributed by atoms with Crippen LogP contribution in [0.15, 0.2) is 22.4 Å². The van der Waals surface area contributed by atoms with Crippen molar-refractivity contribution in [1.29, 1.82) is 0 Å². The van der Waals surface area contributed by atoms with Gasteiger partial charge >= 0.3 is 0 Å². The van der Waals surface area contributed by atoms with E-state index in [4.69, 9.17) is 4.74 Å². The molecule has 1 spiro atoms. The first-order valence-electron chi connectivity index (χ1n) is 7.96. The van der Waals surface area contributed by atoms with Gasteiger partial charge < -0.3 is 9.64 Å². The molecule has 2 heterocycles. The molecule has 0 aromatic rings.